The summed E-state index contributed by atoms with van der Waals surface area (Å²) >= 11 is 0. The Kier molecular flexibility index (Phi) is 5.72. The van der Waals surface area contributed by atoms with Gasteiger partial charge in [-0.2, -0.15) is 5.26 Å². The Morgan fingerprint density at radius 1 is 1.25 bits per heavy atom. The van der Waals surface area contributed by atoms with Gasteiger partial charge in [-0.1, -0.05) is 24.3 Å². The number of nitriles is 1. The summed E-state index contributed by atoms with van der Waals surface area (Å²) in [4.78, 5) is 26.1. The number of methoxy groups -OCH3 is 1. The lowest BCUT2D eigenvalue weighted by Crippen LogP contribution is -2.31. The number of esters is 1. The van der Waals surface area contributed by atoms with E-state index in [9.17, 15) is 9.59 Å². The minimum absolute atomic E-state index is 0.0817. The highest BCUT2D eigenvalue weighted by Crippen LogP contribution is 2.27. The molecule has 1 aliphatic heterocycles. The van der Waals surface area contributed by atoms with E-state index in [1.54, 1.807) is 24.3 Å². The molecule has 0 atom stereocenters. The fourth-order valence-corrected chi connectivity index (χ4v) is 3.04. The Labute approximate surface area is 162 Å². The third kappa shape index (κ3) is 3.87. The summed E-state index contributed by atoms with van der Waals surface area (Å²) < 4.78 is 4.79. The molecular weight excluding hydrogens is 358 g/mol. The average Bonchev–Trinajstić information content (AvgIpc) is 3.03. The van der Waals surface area contributed by atoms with Crippen molar-refractivity contribution in [2.45, 2.75) is 0 Å². The average molecular weight is 377 g/mol. The molecule has 1 amide bonds. The van der Waals surface area contributed by atoms with Gasteiger partial charge in [0.2, 0.25) is 0 Å². The van der Waals surface area contributed by atoms with Crippen molar-refractivity contribution in [3.05, 3.63) is 65.4 Å². The van der Waals surface area contributed by atoms with Gasteiger partial charge in [-0.3, -0.25) is 4.79 Å². The lowest BCUT2D eigenvalue weighted by molar-refractivity contribution is -0.136. The van der Waals surface area contributed by atoms with Gasteiger partial charge in [-0.15, -0.1) is 0 Å². The molecule has 2 aromatic rings. The minimum Gasteiger partial charge on any atom is -0.466 e. The summed E-state index contributed by atoms with van der Waals surface area (Å²) in [5.41, 5.74) is 3.26. The number of aliphatic hydroxyl groups excluding tert-OH is 1. The number of ether oxygens (including phenoxy) is 1. The van der Waals surface area contributed by atoms with Gasteiger partial charge < -0.3 is 20.1 Å². The molecule has 28 heavy (non-hydrogen) atoms. The van der Waals surface area contributed by atoms with Crippen molar-refractivity contribution in [3.8, 4) is 17.2 Å². The van der Waals surface area contributed by atoms with Crippen LogP contribution in [0.3, 0.4) is 0 Å². The van der Waals surface area contributed by atoms with Gasteiger partial charge in [0.15, 0.2) is 0 Å². The van der Waals surface area contributed by atoms with Crippen molar-refractivity contribution in [1.29, 1.82) is 5.26 Å². The summed E-state index contributed by atoms with van der Waals surface area (Å²) in [7, 11) is 1.26. The maximum atomic E-state index is 12.6. The molecule has 0 saturated heterocycles. The number of nitrogens with one attached hydrogen (secondary N) is 1. The zero-order valence-electron chi connectivity index (χ0n) is 15.3. The van der Waals surface area contributed by atoms with Gasteiger partial charge >= 0.3 is 5.97 Å². The van der Waals surface area contributed by atoms with E-state index in [1.165, 1.54) is 12.0 Å². The first-order chi connectivity index (χ1) is 13.6. The second kappa shape index (κ2) is 8.37. The number of hydrogen-bond donors (Lipinski definition) is 2. The number of carbonyl (C=O) groups is 2. The zero-order valence-corrected chi connectivity index (χ0v) is 15.3. The molecule has 0 radical (unpaired) electrons. The van der Waals surface area contributed by atoms with E-state index in [0.717, 1.165) is 11.1 Å². The second-order valence-corrected chi connectivity index (χ2v) is 6.19. The molecule has 2 N–H and O–H groups in total. The first kappa shape index (κ1) is 19.1. The molecule has 0 bridgehead atoms. The summed E-state index contributed by atoms with van der Waals surface area (Å²) in [6.07, 6.45) is 0. The summed E-state index contributed by atoms with van der Waals surface area (Å²) in [6, 6.07) is 16.6. The zero-order chi connectivity index (χ0) is 20.1. The van der Waals surface area contributed by atoms with E-state index in [-0.39, 0.29) is 36.9 Å². The van der Waals surface area contributed by atoms with Crippen molar-refractivity contribution in [2.75, 3.05) is 32.1 Å². The van der Waals surface area contributed by atoms with Crippen LogP contribution in [0.4, 0.5) is 5.69 Å². The molecule has 7 heteroatoms. The molecule has 0 spiro atoms. The van der Waals surface area contributed by atoms with Crippen LogP contribution in [0.2, 0.25) is 0 Å². The lowest BCUT2D eigenvalue weighted by Gasteiger charge is -2.15. The van der Waals surface area contributed by atoms with Crippen LogP contribution in [0, 0.1) is 11.3 Å². The van der Waals surface area contributed by atoms with Gasteiger partial charge in [-0.05, 0) is 35.4 Å². The summed E-state index contributed by atoms with van der Waals surface area (Å²) in [5.74, 6) is -0.958. The van der Waals surface area contributed by atoms with Crippen molar-refractivity contribution < 1.29 is 19.4 Å². The molecule has 2 aromatic carbocycles. The summed E-state index contributed by atoms with van der Waals surface area (Å²) in [6.45, 7) is 0.0159. The van der Waals surface area contributed by atoms with Crippen LogP contribution in [0.25, 0.3) is 11.1 Å². The van der Waals surface area contributed by atoms with Gasteiger partial charge in [0.05, 0.1) is 37.5 Å². The minimum atomic E-state index is -0.589. The van der Waals surface area contributed by atoms with Crippen molar-refractivity contribution in [1.82, 2.24) is 4.90 Å². The third-order valence-electron chi connectivity index (χ3n) is 4.41. The van der Waals surface area contributed by atoms with Crippen molar-refractivity contribution in [2.24, 2.45) is 0 Å². The predicted molar refractivity (Wildman–Crippen MR) is 103 cm³/mol. The maximum Gasteiger partial charge on any atom is 0.337 e. The molecule has 0 fully saturated rings. The number of benzene rings is 2. The maximum absolute atomic E-state index is 12.6. The van der Waals surface area contributed by atoms with Crippen molar-refractivity contribution in [3.63, 3.8) is 0 Å². The molecule has 0 aliphatic carbocycles. The monoisotopic (exact) mass is 377 g/mol. The Morgan fingerprint density at radius 2 is 1.96 bits per heavy atom. The quantitative estimate of drug-likeness (QED) is 0.746. The standard InChI is InChI=1S/C21H19N3O4/c1-28-21(27)18-13-24(8-9-25)20(26)19(18)23-17-7-3-6-16(11-17)15-5-2-4-14(10-15)12-22/h2-7,10-11,23,25H,8-9,13H2,1H3. The number of aliphatic hydroxyl groups is 1. The van der Waals surface area contributed by atoms with E-state index in [1.807, 2.05) is 24.3 Å². The van der Waals surface area contributed by atoms with Crippen molar-refractivity contribution >= 4 is 17.6 Å². The van der Waals surface area contributed by atoms with Gasteiger partial charge in [0, 0.05) is 12.2 Å². The highest BCUT2D eigenvalue weighted by Gasteiger charge is 2.34. The van der Waals surface area contributed by atoms with Crippen LogP contribution in [-0.2, 0) is 14.3 Å². The highest BCUT2D eigenvalue weighted by molar-refractivity contribution is 6.08. The third-order valence-corrected chi connectivity index (χ3v) is 4.41. The molecular formula is C21H19N3O4. The Morgan fingerprint density at radius 3 is 2.64 bits per heavy atom. The predicted octanol–water partition coefficient (Wildman–Crippen LogP) is 1.90. The van der Waals surface area contributed by atoms with Crippen LogP contribution in [0.5, 0.6) is 0 Å². The van der Waals surface area contributed by atoms with Gasteiger partial charge in [0.25, 0.3) is 5.91 Å². The number of β-amino-alcohol motifs (C(OH)–C–C–N with tert-alkyl or cyclic N) is 1. The molecule has 3 rings (SSSR count). The fraction of sp³-hybridized carbons (Fsp3) is 0.190. The second-order valence-electron chi connectivity index (χ2n) is 6.19. The molecule has 7 nitrogen and oxygen atoms in total. The smallest absolute Gasteiger partial charge is 0.337 e. The molecule has 142 valence electrons. The van der Waals surface area contributed by atoms with E-state index in [0.29, 0.717) is 11.3 Å². The van der Waals surface area contributed by atoms with Crippen LogP contribution < -0.4 is 5.32 Å². The fourth-order valence-electron chi connectivity index (χ4n) is 3.04. The molecule has 0 aromatic heterocycles. The number of carbonyl (C=O) groups excluding carboxylic acids is 2. The number of hydrogen-bond acceptors (Lipinski definition) is 6. The van der Waals surface area contributed by atoms with Crippen LogP contribution in [0.15, 0.2) is 59.8 Å². The Balaban J connectivity index is 1.92. The van der Waals surface area contributed by atoms with Crippen LogP contribution >= 0.6 is 0 Å². The molecule has 0 saturated carbocycles. The number of amides is 1. The largest absolute Gasteiger partial charge is 0.466 e. The Bertz CT molecular complexity index is 991. The van der Waals surface area contributed by atoms with E-state index >= 15 is 0 Å². The molecule has 0 unspecified atom stereocenters. The number of rotatable bonds is 6. The van der Waals surface area contributed by atoms with E-state index in [4.69, 9.17) is 15.1 Å². The Hall–Kier alpha value is -3.63. The van der Waals surface area contributed by atoms with Gasteiger partial charge in [-0.25, -0.2) is 4.79 Å². The van der Waals surface area contributed by atoms with E-state index in [2.05, 4.69) is 11.4 Å². The van der Waals surface area contributed by atoms with E-state index < -0.39 is 5.97 Å². The molecule has 1 heterocycles. The molecule has 1 aliphatic rings. The SMILES string of the molecule is COC(=O)C1=C(Nc2cccc(-c3cccc(C#N)c3)c2)C(=O)N(CCO)C1. The van der Waals surface area contributed by atoms with Crippen LogP contribution in [-0.4, -0.2) is 48.7 Å². The van der Waals surface area contributed by atoms with Crippen LogP contribution in [0.1, 0.15) is 5.56 Å². The number of nitrogens with zero attached hydrogens (tertiary/aromatic N) is 2. The van der Waals surface area contributed by atoms with Gasteiger partial charge in [0.1, 0.15) is 5.70 Å². The normalized spacial score (nSPS) is 13.5. The first-order valence-electron chi connectivity index (χ1n) is 8.66. The summed E-state index contributed by atoms with van der Waals surface area (Å²) in [5, 5.41) is 21.2. The highest BCUT2D eigenvalue weighted by atomic mass is 16.5. The number of anilines is 1. The lowest BCUT2D eigenvalue weighted by atomic mass is 10.0. The topological polar surface area (TPSA) is 103 Å². The first-order valence-corrected chi connectivity index (χ1v) is 8.66.